The molecule has 0 atom stereocenters. The molecule has 0 amide bonds. The summed E-state index contributed by atoms with van der Waals surface area (Å²) >= 11 is 0. The van der Waals surface area contributed by atoms with Crippen molar-refractivity contribution in [1.29, 1.82) is 0 Å². The van der Waals surface area contributed by atoms with Crippen LogP contribution >= 0.6 is 0 Å². The quantitative estimate of drug-likeness (QED) is 0.821. The van der Waals surface area contributed by atoms with Gasteiger partial charge in [-0.1, -0.05) is 0 Å². The van der Waals surface area contributed by atoms with E-state index in [0.717, 1.165) is 0 Å². The van der Waals surface area contributed by atoms with Gasteiger partial charge in [0.1, 0.15) is 11.1 Å². The van der Waals surface area contributed by atoms with Gasteiger partial charge in [0.05, 0.1) is 12.1 Å². The number of carbonyl (C=O) groups is 1. The van der Waals surface area contributed by atoms with E-state index < -0.39 is 11.6 Å². The summed E-state index contributed by atoms with van der Waals surface area (Å²) in [5, 5.41) is 6.80. The zero-order chi connectivity index (χ0) is 14.0. The van der Waals surface area contributed by atoms with Gasteiger partial charge in [0.2, 0.25) is 0 Å². The zero-order valence-electron chi connectivity index (χ0n) is 11.1. The number of hydrogen-bond donors (Lipinski definition) is 1. The van der Waals surface area contributed by atoms with E-state index in [0.29, 0.717) is 11.1 Å². The second kappa shape index (κ2) is 4.79. The number of ether oxygens (including phenoxy) is 1. The minimum Gasteiger partial charge on any atom is -0.460 e. The maximum atomic E-state index is 11.8. The van der Waals surface area contributed by atoms with Crippen LogP contribution < -0.4 is 5.56 Å². The number of aromatic amines is 1. The summed E-state index contributed by atoms with van der Waals surface area (Å²) in [6, 6.07) is 3.41. The third-order valence-electron chi connectivity index (χ3n) is 2.36. The molecule has 0 saturated carbocycles. The zero-order valence-corrected chi connectivity index (χ0v) is 11.1. The Morgan fingerprint density at radius 2 is 2.16 bits per heavy atom. The lowest BCUT2D eigenvalue weighted by atomic mass is 10.1. The highest BCUT2D eigenvalue weighted by Crippen LogP contribution is 2.13. The molecule has 2 aromatic rings. The Morgan fingerprint density at radius 3 is 2.84 bits per heavy atom. The first-order chi connectivity index (χ1) is 8.87. The number of rotatable bonds is 2. The SMILES string of the molecule is CC(C)(C)OC(=O)Cc1n[nH]c(=O)c2ncccc12. The lowest BCUT2D eigenvalue weighted by molar-refractivity contribution is -0.153. The molecule has 0 aliphatic rings. The smallest absolute Gasteiger partial charge is 0.312 e. The summed E-state index contributed by atoms with van der Waals surface area (Å²) in [7, 11) is 0. The minimum absolute atomic E-state index is 0.00373. The van der Waals surface area contributed by atoms with Gasteiger partial charge in [-0.25, -0.2) is 5.10 Å². The molecular formula is C13H15N3O3. The molecule has 0 saturated heterocycles. The Morgan fingerprint density at radius 1 is 1.42 bits per heavy atom. The van der Waals surface area contributed by atoms with Crippen LogP contribution in [0.25, 0.3) is 10.9 Å². The highest BCUT2D eigenvalue weighted by molar-refractivity contribution is 5.84. The molecule has 1 N–H and O–H groups in total. The number of H-pyrrole nitrogens is 1. The monoisotopic (exact) mass is 261 g/mol. The van der Waals surface area contributed by atoms with Crippen LogP contribution in [0.15, 0.2) is 23.1 Å². The molecule has 6 heteroatoms. The van der Waals surface area contributed by atoms with Gasteiger partial charge >= 0.3 is 5.97 Å². The molecule has 0 unspecified atom stereocenters. The lowest BCUT2D eigenvalue weighted by Gasteiger charge is -2.19. The Kier molecular flexibility index (Phi) is 3.33. The molecule has 6 nitrogen and oxygen atoms in total. The van der Waals surface area contributed by atoms with Crippen LogP contribution in [-0.2, 0) is 16.0 Å². The summed E-state index contributed by atoms with van der Waals surface area (Å²) in [5.74, 6) is -0.391. The Labute approximate surface area is 109 Å². The summed E-state index contributed by atoms with van der Waals surface area (Å²) in [5.41, 5.74) is -0.190. The normalized spacial score (nSPS) is 11.5. The van der Waals surface area contributed by atoms with Crippen LogP contribution in [0.5, 0.6) is 0 Å². The molecule has 0 aromatic carbocycles. The van der Waals surface area contributed by atoms with Gasteiger partial charge < -0.3 is 4.74 Å². The molecule has 2 rings (SSSR count). The number of pyridine rings is 1. The van der Waals surface area contributed by atoms with Crippen molar-refractivity contribution < 1.29 is 9.53 Å². The number of nitrogens with one attached hydrogen (secondary N) is 1. The average molecular weight is 261 g/mol. The first kappa shape index (κ1) is 13.2. The van der Waals surface area contributed by atoms with Crippen LogP contribution in [0.3, 0.4) is 0 Å². The Hall–Kier alpha value is -2.24. The van der Waals surface area contributed by atoms with Crippen molar-refractivity contribution in [1.82, 2.24) is 15.2 Å². The average Bonchev–Trinajstić information content (AvgIpc) is 2.31. The van der Waals surface area contributed by atoms with Crippen molar-refractivity contribution in [2.45, 2.75) is 32.8 Å². The number of carbonyl (C=O) groups excluding carboxylic acids is 1. The summed E-state index contributed by atoms with van der Waals surface area (Å²) in [6.45, 7) is 5.39. The minimum atomic E-state index is -0.548. The Bertz CT molecular complexity index is 671. The van der Waals surface area contributed by atoms with Crippen molar-refractivity contribution in [3.8, 4) is 0 Å². The van der Waals surface area contributed by atoms with E-state index in [1.807, 2.05) is 0 Å². The number of hydrogen-bond acceptors (Lipinski definition) is 5. The van der Waals surface area contributed by atoms with Crippen molar-refractivity contribution in [3.63, 3.8) is 0 Å². The molecule has 2 heterocycles. The largest absolute Gasteiger partial charge is 0.460 e. The maximum absolute atomic E-state index is 11.8. The van der Waals surface area contributed by atoms with Crippen LogP contribution in [0.2, 0.25) is 0 Å². The molecule has 0 aliphatic heterocycles. The van der Waals surface area contributed by atoms with Crippen molar-refractivity contribution in [2.24, 2.45) is 0 Å². The van der Waals surface area contributed by atoms with E-state index in [2.05, 4.69) is 15.2 Å². The van der Waals surface area contributed by atoms with E-state index in [1.165, 1.54) is 6.20 Å². The fourth-order valence-corrected chi connectivity index (χ4v) is 1.70. The first-order valence-electron chi connectivity index (χ1n) is 5.91. The maximum Gasteiger partial charge on any atom is 0.312 e. The third-order valence-corrected chi connectivity index (χ3v) is 2.36. The van der Waals surface area contributed by atoms with Gasteiger partial charge in [-0.05, 0) is 32.9 Å². The lowest BCUT2D eigenvalue weighted by Crippen LogP contribution is -2.25. The predicted octanol–water partition coefficient (Wildman–Crippen LogP) is 1.20. The molecule has 100 valence electrons. The van der Waals surface area contributed by atoms with E-state index in [-0.39, 0.29) is 17.5 Å². The van der Waals surface area contributed by atoms with Crippen LogP contribution in [-0.4, -0.2) is 26.8 Å². The van der Waals surface area contributed by atoms with Crippen molar-refractivity contribution in [2.75, 3.05) is 0 Å². The molecule has 0 fully saturated rings. The number of fused-ring (bicyclic) bond motifs is 1. The topological polar surface area (TPSA) is 84.9 Å². The second-order valence-electron chi connectivity index (χ2n) is 5.16. The first-order valence-corrected chi connectivity index (χ1v) is 5.91. The third kappa shape index (κ3) is 3.15. The van der Waals surface area contributed by atoms with Gasteiger partial charge in [0.25, 0.3) is 5.56 Å². The molecule has 2 aromatic heterocycles. The molecule has 0 spiro atoms. The summed E-state index contributed by atoms with van der Waals surface area (Å²) in [4.78, 5) is 27.3. The highest BCUT2D eigenvalue weighted by atomic mass is 16.6. The van der Waals surface area contributed by atoms with Gasteiger partial charge in [-0.3, -0.25) is 14.6 Å². The van der Waals surface area contributed by atoms with E-state index in [4.69, 9.17) is 4.74 Å². The van der Waals surface area contributed by atoms with E-state index >= 15 is 0 Å². The molecular weight excluding hydrogens is 246 g/mol. The highest BCUT2D eigenvalue weighted by Gasteiger charge is 2.18. The molecule has 0 bridgehead atoms. The fraction of sp³-hybridized carbons (Fsp3) is 0.385. The molecule has 19 heavy (non-hydrogen) atoms. The van der Waals surface area contributed by atoms with Gasteiger partial charge in [-0.15, -0.1) is 0 Å². The van der Waals surface area contributed by atoms with Crippen LogP contribution in [0, 0.1) is 0 Å². The second-order valence-corrected chi connectivity index (χ2v) is 5.16. The van der Waals surface area contributed by atoms with Crippen molar-refractivity contribution >= 4 is 16.9 Å². The molecule has 0 aliphatic carbocycles. The predicted molar refractivity (Wildman–Crippen MR) is 69.7 cm³/mol. The standard InChI is InChI=1S/C13H15N3O3/c1-13(2,3)19-10(17)7-9-8-5-4-6-14-11(8)12(18)16-15-9/h4-6H,7H2,1-3H3,(H,16,18). The van der Waals surface area contributed by atoms with Gasteiger partial charge in [0.15, 0.2) is 0 Å². The Balaban J connectivity index is 2.34. The van der Waals surface area contributed by atoms with Crippen LogP contribution in [0.1, 0.15) is 26.5 Å². The number of nitrogens with zero attached hydrogens (tertiary/aromatic N) is 2. The fourth-order valence-electron chi connectivity index (χ4n) is 1.70. The van der Waals surface area contributed by atoms with E-state index in [9.17, 15) is 9.59 Å². The van der Waals surface area contributed by atoms with Crippen LogP contribution in [0.4, 0.5) is 0 Å². The van der Waals surface area contributed by atoms with E-state index in [1.54, 1.807) is 32.9 Å². The number of esters is 1. The van der Waals surface area contributed by atoms with Gasteiger partial charge in [0, 0.05) is 11.6 Å². The van der Waals surface area contributed by atoms with Crippen molar-refractivity contribution in [3.05, 3.63) is 34.4 Å². The van der Waals surface area contributed by atoms with Gasteiger partial charge in [-0.2, -0.15) is 5.10 Å². The summed E-state index contributed by atoms with van der Waals surface area (Å²) < 4.78 is 5.23. The number of aromatic nitrogens is 3. The summed E-state index contributed by atoms with van der Waals surface area (Å²) in [6.07, 6.45) is 1.52. The molecule has 0 radical (unpaired) electrons.